The smallest absolute Gasteiger partial charge is 0.257 e. The second kappa shape index (κ2) is 7.88. The standard InChI is InChI=1S/C16H27N3O/c1-6-8-17-15-9-13(5)18-10-14(15)16(20)19(7-2)11-12(3)4/h9-10,12H,6-8,11H2,1-5H3,(H,17,18). The van der Waals surface area contributed by atoms with Gasteiger partial charge in [0.1, 0.15) is 0 Å². The summed E-state index contributed by atoms with van der Waals surface area (Å²) in [5.74, 6) is 0.525. The highest BCUT2D eigenvalue weighted by molar-refractivity contribution is 5.99. The summed E-state index contributed by atoms with van der Waals surface area (Å²) in [6.07, 6.45) is 2.72. The van der Waals surface area contributed by atoms with Crippen LogP contribution < -0.4 is 5.32 Å². The summed E-state index contributed by atoms with van der Waals surface area (Å²) in [6, 6.07) is 1.95. The summed E-state index contributed by atoms with van der Waals surface area (Å²) >= 11 is 0. The number of nitrogens with zero attached hydrogens (tertiary/aromatic N) is 2. The number of amides is 1. The van der Waals surface area contributed by atoms with Crippen LogP contribution in [0.1, 0.15) is 50.2 Å². The van der Waals surface area contributed by atoms with E-state index in [2.05, 4.69) is 31.1 Å². The molecular weight excluding hydrogens is 250 g/mol. The van der Waals surface area contributed by atoms with Gasteiger partial charge in [0.05, 0.1) is 11.3 Å². The van der Waals surface area contributed by atoms with Crippen molar-refractivity contribution in [3.05, 3.63) is 23.5 Å². The fraction of sp³-hybridized carbons (Fsp3) is 0.625. The predicted octanol–water partition coefficient (Wildman–Crippen LogP) is 3.33. The maximum Gasteiger partial charge on any atom is 0.257 e. The van der Waals surface area contributed by atoms with E-state index in [0.717, 1.165) is 37.4 Å². The maximum atomic E-state index is 12.7. The minimum atomic E-state index is 0.0623. The number of aryl methyl sites for hydroxylation is 1. The molecule has 1 aromatic heterocycles. The van der Waals surface area contributed by atoms with Gasteiger partial charge in [-0.2, -0.15) is 0 Å². The summed E-state index contributed by atoms with van der Waals surface area (Å²) in [5, 5.41) is 3.33. The van der Waals surface area contributed by atoms with Crippen molar-refractivity contribution in [2.75, 3.05) is 25.0 Å². The molecule has 4 heteroatoms. The van der Waals surface area contributed by atoms with Crippen LogP contribution in [0.25, 0.3) is 0 Å². The Morgan fingerprint density at radius 2 is 2.10 bits per heavy atom. The molecule has 0 atom stereocenters. The number of hydrogen-bond acceptors (Lipinski definition) is 3. The van der Waals surface area contributed by atoms with Gasteiger partial charge < -0.3 is 10.2 Å². The molecule has 0 spiro atoms. The first-order valence-corrected chi connectivity index (χ1v) is 7.49. The Hall–Kier alpha value is -1.58. The number of carbonyl (C=O) groups is 1. The van der Waals surface area contributed by atoms with Crippen molar-refractivity contribution in [3.63, 3.8) is 0 Å². The van der Waals surface area contributed by atoms with Crippen molar-refractivity contribution in [1.82, 2.24) is 9.88 Å². The average Bonchev–Trinajstić information content (AvgIpc) is 2.41. The van der Waals surface area contributed by atoms with Crippen LogP contribution in [-0.2, 0) is 0 Å². The first-order chi connectivity index (χ1) is 9.49. The van der Waals surface area contributed by atoms with E-state index in [-0.39, 0.29) is 5.91 Å². The van der Waals surface area contributed by atoms with Gasteiger partial charge in [-0.05, 0) is 32.3 Å². The zero-order valence-corrected chi connectivity index (χ0v) is 13.4. The highest BCUT2D eigenvalue weighted by Gasteiger charge is 2.19. The Labute approximate surface area is 122 Å². The molecular formula is C16H27N3O. The topological polar surface area (TPSA) is 45.2 Å². The van der Waals surface area contributed by atoms with Gasteiger partial charge in [0.2, 0.25) is 0 Å². The molecule has 0 aliphatic carbocycles. The minimum Gasteiger partial charge on any atom is -0.384 e. The second-order valence-electron chi connectivity index (χ2n) is 5.54. The van der Waals surface area contributed by atoms with Crippen molar-refractivity contribution in [1.29, 1.82) is 0 Å². The number of hydrogen-bond donors (Lipinski definition) is 1. The summed E-state index contributed by atoms with van der Waals surface area (Å²) < 4.78 is 0. The van der Waals surface area contributed by atoms with Gasteiger partial charge in [0.25, 0.3) is 5.91 Å². The Morgan fingerprint density at radius 3 is 2.65 bits per heavy atom. The van der Waals surface area contributed by atoms with Crippen LogP contribution in [0.2, 0.25) is 0 Å². The number of anilines is 1. The van der Waals surface area contributed by atoms with Gasteiger partial charge in [-0.25, -0.2) is 0 Å². The monoisotopic (exact) mass is 277 g/mol. The van der Waals surface area contributed by atoms with E-state index in [4.69, 9.17) is 0 Å². The van der Waals surface area contributed by atoms with Gasteiger partial charge >= 0.3 is 0 Å². The first kappa shape index (κ1) is 16.5. The molecule has 0 radical (unpaired) electrons. The normalized spacial score (nSPS) is 10.7. The minimum absolute atomic E-state index is 0.0623. The van der Waals surface area contributed by atoms with Gasteiger partial charge in [0.15, 0.2) is 0 Å². The molecule has 0 unspecified atom stereocenters. The number of aromatic nitrogens is 1. The molecule has 0 saturated heterocycles. The molecule has 0 aliphatic rings. The van der Waals surface area contributed by atoms with Crippen LogP contribution in [-0.4, -0.2) is 35.4 Å². The van der Waals surface area contributed by atoms with Crippen LogP contribution in [0.3, 0.4) is 0 Å². The average molecular weight is 277 g/mol. The van der Waals surface area contributed by atoms with E-state index in [1.807, 2.05) is 24.8 Å². The van der Waals surface area contributed by atoms with Crippen LogP contribution in [0, 0.1) is 12.8 Å². The third-order valence-corrected chi connectivity index (χ3v) is 3.09. The molecule has 1 N–H and O–H groups in total. The Morgan fingerprint density at radius 1 is 1.40 bits per heavy atom. The fourth-order valence-electron chi connectivity index (χ4n) is 2.10. The lowest BCUT2D eigenvalue weighted by Gasteiger charge is -2.24. The van der Waals surface area contributed by atoms with E-state index in [0.29, 0.717) is 11.5 Å². The summed E-state index contributed by atoms with van der Waals surface area (Å²) in [7, 11) is 0. The molecule has 0 aromatic carbocycles. The molecule has 0 aliphatic heterocycles. The molecule has 4 nitrogen and oxygen atoms in total. The summed E-state index contributed by atoms with van der Waals surface area (Å²) in [4.78, 5) is 18.8. The van der Waals surface area contributed by atoms with Crippen LogP contribution >= 0.6 is 0 Å². The predicted molar refractivity (Wildman–Crippen MR) is 84.2 cm³/mol. The van der Waals surface area contributed by atoms with Crippen molar-refractivity contribution in [2.24, 2.45) is 5.92 Å². The van der Waals surface area contributed by atoms with Gasteiger partial charge in [0, 0.05) is 31.5 Å². The summed E-state index contributed by atoms with van der Waals surface area (Å²) in [6.45, 7) is 12.7. The van der Waals surface area contributed by atoms with Crippen molar-refractivity contribution in [3.8, 4) is 0 Å². The quantitative estimate of drug-likeness (QED) is 0.831. The SMILES string of the molecule is CCCNc1cc(C)ncc1C(=O)N(CC)CC(C)C. The molecule has 1 aromatic rings. The van der Waals surface area contributed by atoms with E-state index < -0.39 is 0 Å². The largest absolute Gasteiger partial charge is 0.384 e. The van der Waals surface area contributed by atoms with E-state index >= 15 is 0 Å². The molecule has 1 rings (SSSR count). The van der Waals surface area contributed by atoms with Crippen molar-refractivity contribution in [2.45, 2.75) is 41.0 Å². The number of carbonyl (C=O) groups excluding carboxylic acids is 1. The number of pyridine rings is 1. The van der Waals surface area contributed by atoms with E-state index in [9.17, 15) is 4.79 Å². The number of nitrogens with one attached hydrogen (secondary N) is 1. The van der Waals surface area contributed by atoms with Gasteiger partial charge in [-0.1, -0.05) is 20.8 Å². The van der Waals surface area contributed by atoms with Crippen LogP contribution in [0.15, 0.2) is 12.3 Å². The highest BCUT2D eigenvalue weighted by atomic mass is 16.2. The Kier molecular flexibility index (Phi) is 6.49. The van der Waals surface area contributed by atoms with Crippen LogP contribution in [0.4, 0.5) is 5.69 Å². The molecule has 1 amide bonds. The lowest BCUT2D eigenvalue weighted by molar-refractivity contribution is 0.0746. The second-order valence-corrected chi connectivity index (χ2v) is 5.54. The molecule has 112 valence electrons. The van der Waals surface area contributed by atoms with Gasteiger partial charge in [-0.15, -0.1) is 0 Å². The van der Waals surface area contributed by atoms with Crippen molar-refractivity contribution < 1.29 is 4.79 Å². The maximum absolute atomic E-state index is 12.7. The molecule has 0 fully saturated rings. The molecule has 0 bridgehead atoms. The third-order valence-electron chi connectivity index (χ3n) is 3.09. The molecule has 1 heterocycles. The van der Waals surface area contributed by atoms with Crippen molar-refractivity contribution >= 4 is 11.6 Å². The Bertz CT molecular complexity index is 443. The number of rotatable bonds is 7. The van der Waals surface area contributed by atoms with E-state index in [1.165, 1.54) is 0 Å². The summed E-state index contributed by atoms with van der Waals surface area (Å²) in [5.41, 5.74) is 2.49. The lowest BCUT2D eigenvalue weighted by atomic mass is 10.1. The lowest BCUT2D eigenvalue weighted by Crippen LogP contribution is -2.34. The molecule has 0 saturated carbocycles. The zero-order chi connectivity index (χ0) is 15.1. The Balaban J connectivity index is 3.00. The van der Waals surface area contributed by atoms with Gasteiger partial charge in [-0.3, -0.25) is 9.78 Å². The first-order valence-electron chi connectivity index (χ1n) is 7.49. The third kappa shape index (κ3) is 4.51. The van der Waals surface area contributed by atoms with Crippen LogP contribution in [0.5, 0.6) is 0 Å². The molecule has 20 heavy (non-hydrogen) atoms. The fourth-order valence-corrected chi connectivity index (χ4v) is 2.10. The zero-order valence-electron chi connectivity index (χ0n) is 13.4. The van der Waals surface area contributed by atoms with E-state index in [1.54, 1.807) is 6.20 Å². The highest BCUT2D eigenvalue weighted by Crippen LogP contribution is 2.18.